The van der Waals surface area contributed by atoms with Gasteiger partial charge in [-0.25, -0.2) is 4.98 Å². The molecule has 2 N–H and O–H groups in total. The largest absolute Gasteiger partial charge is 0.481 e. The van der Waals surface area contributed by atoms with Crippen molar-refractivity contribution < 1.29 is 14.7 Å². The van der Waals surface area contributed by atoms with Crippen molar-refractivity contribution >= 4 is 34.2 Å². The van der Waals surface area contributed by atoms with Gasteiger partial charge >= 0.3 is 5.97 Å². The molecular weight excluding hydrogens is 446 g/mol. The number of rotatable bonds is 12. The molecular formula is C27H37N3O3S. The number of thiophene rings is 1. The lowest BCUT2D eigenvalue weighted by atomic mass is 9.81. The van der Waals surface area contributed by atoms with Crippen LogP contribution < -0.4 is 5.32 Å². The monoisotopic (exact) mass is 483 g/mol. The van der Waals surface area contributed by atoms with Gasteiger partial charge in [0, 0.05) is 28.9 Å². The molecule has 6 nitrogen and oxygen atoms in total. The lowest BCUT2D eigenvalue weighted by Gasteiger charge is -2.31. The zero-order chi connectivity index (χ0) is 24.9. The first-order valence-corrected chi connectivity index (χ1v) is 13.2. The Bertz CT molecular complexity index is 1110. The van der Waals surface area contributed by atoms with Crippen molar-refractivity contribution in [1.29, 1.82) is 0 Å². The first kappa shape index (κ1) is 25.9. The van der Waals surface area contributed by atoms with Gasteiger partial charge < -0.3 is 15.0 Å². The summed E-state index contributed by atoms with van der Waals surface area (Å²) in [7, 11) is 0. The molecule has 0 aliphatic heterocycles. The van der Waals surface area contributed by atoms with Crippen molar-refractivity contribution in [2.45, 2.75) is 85.2 Å². The molecule has 3 rings (SSSR count). The van der Waals surface area contributed by atoms with E-state index in [1.165, 1.54) is 4.88 Å². The Balaban J connectivity index is 1.95. The molecule has 0 saturated heterocycles. The Morgan fingerprint density at radius 3 is 2.50 bits per heavy atom. The first-order chi connectivity index (χ1) is 16.2. The Kier molecular flexibility index (Phi) is 8.52. The molecule has 0 fully saturated rings. The standard InChI is InChI=1S/C27H37N3O3S/c1-6-9-12-23(27(4,5)26(32)33)29-25(31)18-13-14-22-21(16-18)28-24(17-20-11-10-15-34-20)30(22)19(7-2)8-3/h10-11,13-16,19,23H,6-9,12,17H2,1-5H3,(H,29,31)(H,32,33)/t23-/m1/s1. The molecule has 2 aromatic heterocycles. The number of fused-ring (bicyclic) bond motifs is 1. The number of benzene rings is 1. The highest BCUT2D eigenvalue weighted by Crippen LogP contribution is 2.29. The van der Waals surface area contributed by atoms with Crippen LogP contribution in [-0.2, 0) is 11.2 Å². The van der Waals surface area contributed by atoms with E-state index in [0.29, 0.717) is 18.0 Å². The number of nitrogens with zero attached hydrogens (tertiary/aromatic N) is 2. The zero-order valence-electron chi connectivity index (χ0n) is 20.9. The smallest absolute Gasteiger partial charge is 0.311 e. The highest BCUT2D eigenvalue weighted by Gasteiger charge is 2.37. The van der Waals surface area contributed by atoms with E-state index < -0.39 is 17.4 Å². The maximum atomic E-state index is 13.2. The summed E-state index contributed by atoms with van der Waals surface area (Å²) in [5, 5.41) is 14.8. The van der Waals surface area contributed by atoms with E-state index in [1.807, 2.05) is 18.2 Å². The quantitative estimate of drug-likeness (QED) is 0.310. The molecule has 3 aromatic rings. The number of imidazole rings is 1. The van der Waals surface area contributed by atoms with E-state index >= 15 is 0 Å². The number of hydrogen-bond acceptors (Lipinski definition) is 4. The summed E-state index contributed by atoms with van der Waals surface area (Å²) in [6.07, 6.45) is 5.19. The van der Waals surface area contributed by atoms with Gasteiger partial charge in [-0.1, -0.05) is 39.7 Å². The van der Waals surface area contributed by atoms with Crippen molar-refractivity contribution in [3.63, 3.8) is 0 Å². The minimum absolute atomic E-state index is 0.255. The molecule has 0 unspecified atom stereocenters. The van der Waals surface area contributed by atoms with E-state index in [9.17, 15) is 14.7 Å². The molecule has 0 aliphatic carbocycles. The Morgan fingerprint density at radius 2 is 1.91 bits per heavy atom. The second-order valence-corrected chi connectivity index (χ2v) is 10.6. The molecule has 0 radical (unpaired) electrons. The molecule has 1 atom stereocenters. The van der Waals surface area contributed by atoms with Crippen LogP contribution in [0.4, 0.5) is 0 Å². The number of amides is 1. The minimum atomic E-state index is -1.06. The average molecular weight is 484 g/mol. The molecule has 0 aliphatic rings. The van der Waals surface area contributed by atoms with E-state index in [-0.39, 0.29) is 5.91 Å². The number of carboxylic acid groups (broad SMARTS) is 1. The summed E-state index contributed by atoms with van der Waals surface area (Å²) < 4.78 is 2.33. The number of aliphatic carboxylic acids is 1. The van der Waals surface area contributed by atoms with Crippen LogP contribution in [0, 0.1) is 5.41 Å². The second-order valence-electron chi connectivity index (χ2n) is 9.52. The minimum Gasteiger partial charge on any atom is -0.481 e. The Labute approximate surface area is 206 Å². The number of unbranched alkanes of at least 4 members (excludes halogenated alkanes) is 1. The number of carbonyl (C=O) groups is 2. The maximum absolute atomic E-state index is 13.2. The summed E-state index contributed by atoms with van der Waals surface area (Å²) in [6.45, 7) is 9.79. The first-order valence-electron chi connectivity index (χ1n) is 12.3. The number of aromatic nitrogens is 2. The SMILES string of the molecule is CCCC[C@@H](NC(=O)c1ccc2c(c1)nc(Cc1cccs1)n2C(CC)CC)C(C)(C)C(=O)O. The van der Waals surface area contributed by atoms with Gasteiger partial charge in [0.05, 0.1) is 16.4 Å². The van der Waals surface area contributed by atoms with Gasteiger partial charge in [0.15, 0.2) is 0 Å². The lowest BCUT2D eigenvalue weighted by molar-refractivity contribution is -0.148. The number of nitrogens with one attached hydrogen (secondary N) is 1. The molecule has 2 heterocycles. The van der Waals surface area contributed by atoms with Crippen LogP contribution >= 0.6 is 11.3 Å². The normalized spacial score (nSPS) is 12.9. The fourth-order valence-electron chi connectivity index (χ4n) is 4.46. The van der Waals surface area contributed by atoms with Crippen LogP contribution in [-0.4, -0.2) is 32.6 Å². The topological polar surface area (TPSA) is 84.2 Å². The van der Waals surface area contributed by atoms with E-state index in [0.717, 1.165) is 49.0 Å². The fourth-order valence-corrected chi connectivity index (χ4v) is 5.16. The summed E-state index contributed by atoms with van der Waals surface area (Å²) in [6, 6.07) is 9.72. The summed E-state index contributed by atoms with van der Waals surface area (Å²) in [5.41, 5.74) is 1.28. The average Bonchev–Trinajstić information content (AvgIpc) is 3.45. The lowest BCUT2D eigenvalue weighted by Crippen LogP contribution is -2.48. The predicted octanol–water partition coefficient (Wildman–Crippen LogP) is 6.45. The maximum Gasteiger partial charge on any atom is 0.311 e. The third kappa shape index (κ3) is 5.52. The molecule has 34 heavy (non-hydrogen) atoms. The zero-order valence-corrected chi connectivity index (χ0v) is 21.7. The Hall–Kier alpha value is -2.67. The molecule has 0 spiro atoms. The summed E-state index contributed by atoms with van der Waals surface area (Å²) in [4.78, 5) is 31.2. The van der Waals surface area contributed by atoms with Crippen molar-refractivity contribution in [3.8, 4) is 0 Å². The highest BCUT2D eigenvalue weighted by molar-refractivity contribution is 7.09. The van der Waals surface area contributed by atoms with Crippen LogP contribution in [0.3, 0.4) is 0 Å². The van der Waals surface area contributed by atoms with Crippen molar-refractivity contribution in [2.75, 3.05) is 0 Å². The van der Waals surface area contributed by atoms with Gasteiger partial charge in [0.1, 0.15) is 5.82 Å². The second kappa shape index (κ2) is 11.2. The molecule has 0 saturated carbocycles. The number of carbonyl (C=O) groups excluding carboxylic acids is 1. The van der Waals surface area contributed by atoms with Gasteiger partial charge in [0.25, 0.3) is 5.91 Å². The van der Waals surface area contributed by atoms with Crippen molar-refractivity contribution in [1.82, 2.24) is 14.9 Å². The van der Waals surface area contributed by atoms with Crippen LogP contribution in [0.5, 0.6) is 0 Å². The van der Waals surface area contributed by atoms with Crippen LogP contribution in [0.1, 0.15) is 93.8 Å². The van der Waals surface area contributed by atoms with Crippen LogP contribution in [0.2, 0.25) is 0 Å². The molecule has 1 aromatic carbocycles. The van der Waals surface area contributed by atoms with Gasteiger partial charge in [-0.2, -0.15) is 0 Å². The summed E-state index contributed by atoms with van der Waals surface area (Å²) >= 11 is 1.72. The molecule has 0 bridgehead atoms. The van der Waals surface area contributed by atoms with Crippen LogP contribution in [0.15, 0.2) is 35.7 Å². The van der Waals surface area contributed by atoms with Gasteiger partial charge in [-0.3, -0.25) is 9.59 Å². The van der Waals surface area contributed by atoms with Crippen molar-refractivity contribution in [3.05, 3.63) is 52.0 Å². The predicted molar refractivity (Wildman–Crippen MR) is 139 cm³/mol. The van der Waals surface area contributed by atoms with Crippen molar-refractivity contribution in [2.24, 2.45) is 5.41 Å². The Morgan fingerprint density at radius 1 is 1.18 bits per heavy atom. The molecule has 184 valence electrons. The summed E-state index contributed by atoms with van der Waals surface area (Å²) in [5.74, 6) is -0.155. The van der Waals surface area contributed by atoms with E-state index in [1.54, 1.807) is 25.2 Å². The van der Waals surface area contributed by atoms with E-state index in [2.05, 4.69) is 48.2 Å². The highest BCUT2D eigenvalue weighted by atomic mass is 32.1. The van der Waals surface area contributed by atoms with Crippen LogP contribution in [0.25, 0.3) is 11.0 Å². The number of hydrogen-bond donors (Lipinski definition) is 2. The third-order valence-corrected chi connectivity index (χ3v) is 7.70. The third-order valence-electron chi connectivity index (χ3n) is 6.82. The van der Waals surface area contributed by atoms with Gasteiger partial charge in [-0.05, 0) is 62.8 Å². The molecule has 1 amide bonds. The molecule has 7 heteroatoms. The van der Waals surface area contributed by atoms with E-state index in [4.69, 9.17) is 4.98 Å². The fraction of sp³-hybridized carbons (Fsp3) is 0.519. The van der Waals surface area contributed by atoms with Gasteiger partial charge in [0.2, 0.25) is 0 Å². The number of carboxylic acids is 1. The van der Waals surface area contributed by atoms with Gasteiger partial charge in [-0.15, -0.1) is 11.3 Å².